The van der Waals surface area contributed by atoms with E-state index < -0.39 is 0 Å². The first-order chi connectivity index (χ1) is 3.79. The standard InChI is InChI=1S/C4H5N3O/c5-4-6-1-3(8)2-7-4/h1H,2H2,(H2,5,7). The maximum Gasteiger partial charge on any atom is 0.215 e. The molecular weight excluding hydrogens is 106 g/mol. The molecule has 0 amide bonds. The molecule has 8 heavy (non-hydrogen) atoms. The lowest BCUT2D eigenvalue weighted by molar-refractivity contribution is -0.111. The summed E-state index contributed by atoms with van der Waals surface area (Å²) in [4.78, 5) is 17.3. The van der Waals surface area contributed by atoms with Gasteiger partial charge < -0.3 is 5.73 Å². The fourth-order valence-electron chi connectivity index (χ4n) is 0.379. The van der Waals surface area contributed by atoms with Crippen molar-refractivity contribution in [2.24, 2.45) is 15.7 Å². The zero-order chi connectivity index (χ0) is 5.98. The van der Waals surface area contributed by atoms with Crippen molar-refractivity contribution in [1.29, 1.82) is 0 Å². The second-order valence-electron chi connectivity index (χ2n) is 1.40. The van der Waals surface area contributed by atoms with Gasteiger partial charge in [0.15, 0.2) is 5.78 Å². The molecule has 42 valence electrons. The molecular formula is C4H5N3O. The molecule has 0 aromatic carbocycles. The monoisotopic (exact) mass is 111 g/mol. The molecule has 1 rings (SSSR count). The molecule has 0 atom stereocenters. The largest absolute Gasteiger partial charge is 0.368 e. The lowest BCUT2D eigenvalue weighted by Crippen LogP contribution is -2.19. The van der Waals surface area contributed by atoms with Crippen molar-refractivity contribution in [2.45, 2.75) is 0 Å². The summed E-state index contributed by atoms with van der Waals surface area (Å²) in [6.07, 6.45) is 1.18. The first-order valence-corrected chi connectivity index (χ1v) is 2.16. The number of carbonyl (C=O) groups is 1. The van der Waals surface area contributed by atoms with Gasteiger partial charge in [-0.25, -0.2) is 9.98 Å². The molecule has 2 N–H and O–H groups in total. The predicted molar refractivity (Wildman–Crippen MR) is 30.0 cm³/mol. The molecule has 0 aromatic rings. The molecule has 0 bridgehead atoms. The minimum absolute atomic E-state index is 0.0980. The second kappa shape index (κ2) is 1.73. The zero-order valence-corrected chi connectivity index (χ0v) is 4.16. The Balaban J connectivity index is 2.71. The molecule has 0 radical (unpaired) electrons. The van der Waals surface area contributed by atoms with Crippen molar-refractivity contribution in [2.75, 3.05) is 6.54 Å². The number of hydrogen-bond donors (Lipinski definition) is 1. The highest BCUT2D eigenvalue weighted by Gasteiger charge is 2.00. The van der Waals surface area contributed by atoms with Crippen LogP contribution < -0.4 is 5.73 Å². The van der Waals surface area contributed by atoms with Crippen LogP contribution in [0.1, 0.15) is 0 Å². The molecule has 4 nitrogen and oxygen atoms in total. The second-order valence-corrected chi connectivity index (χ2v) is 1.40. The number of carbonyl (C=O) groups excluding carboxylic acids is 1. The Morgan fingerprint density at radius 2 is 2.50 bits per heavy atom. The first-order valence-electron chi connectivity index (χ1n) is 2.16. The average molecular weight is 111 g/mol. The summed E-state index contributed by atoms with van der Waals surface area (Å²) in [5.74, 6) is 0.0869. The van der Waals surface area contributed by atoms with Crippen LogP contribution in [0.4, 0.5) is 0 Å². The van der Waals surface area contributed by atoms with Crippen LogP contribution in [-0.2, 0) is 4.79 Å². The molecule has 1 heterocycles. The molecule has 1 aliphatic rings. The van der Waals surface area contributed by atoms with E-state index >= 15 is 0 Å². The Labute approximate surface area is 46.1 Å². The predicted octanol–water partition coefficient (Wildman–Crippen LogP) is -1.05. The number of aliphatic imine (C=N–C) groups is 2. The van der Waals surface area contributed by atoms with E-state index in [2.05, 4.69) is 9.98 Å². The Kier molecular flexibility index (Phi) is 1.07. The van der Waals surface area contributed by atoms with E-state index in [1.165, 1.54) is 6.21 Å². The van der Waals surface area contributed by atoms with Gasteiger partial charge in [0.1, 0.15) is 6.54 Å². The van der Waals surface area contributed by atoms with Crippen molar-refractivity contribution in [3.8, 4) is 0 Å². The maximum absolute atomic E-state index is 10.3. The zero-order valence-electron chi connectivity index (χ0n) is 4.16. The molecule has 0 saturated heterocycles. The average Bonchev–Trinajstić information content (AvgIpc) is 1.77. The van der Waals surface area contributed by atoms with Crippen LogP contribution in [0.3, 0.4) is 0 Å². The highest BCUT2D eigenvalue weighted by atomic mass is 16.1. The molecule has 4 heteroatoms. The van der Waals surface area contributed by atoms with Gasteiger partial charge in [0.2, 0.25) is 5.96 Å². The van der Waals surface area contributed by atoms with E-state index in [-0.39, 0.29) is 18.3 Å². The topological polar surface area (TPSA) is 67.8 Å². The molecule has 0 spiro atoms. The van der Waals surface area contributed by atoms with E-state index in [1.54, 1.807) is 0 Å². The van der Waals surface area contributed by atoms with Gasteiger partial charge in [-0.2, -0.15) is 0 Å². The molecule has 0 aromatic heterocycles. The normalized spacial score (nSPS) is 18.5. The number of nitrogens with two attached hydrogens (primary N) is 1. The van der Waals surface area contributed by atoms with Gasteiger partial charge in [-0.1, -0.05) is 0 Å². The molecule has 1 aliphatic heterocycles. The Morgan fingerprint density at radius 1 is 1.75 bits per heavy atom. The highest BCUT2D eigenvalue weighted by molar-refractivity contribution is 6.31. The summed E-state index contributed by atoms with van der Waals surface area (Å²) in [6, 6.07) is 0. The number of rotatable bonds is 0. The van der Waals surface area contributed by atoms with Gasteiger partial charge >= 0.3 is 0 Å². The van der Waals surface area contributed by atoms with E-state index in [4.69, 9.17) is 5.73 Å². The third-order valence-electron chi connectivity index (χ3n) is 0.738. The summed E-state index contributed by atoms with van der Waals surface area (Å²) in [7, 11) is 0. The van der Waals surface area contributed by atoms with Gasteiger partial charge in [0, 0.05) is 0 Å². The van der Waals surface area contributed by atoms with Gasteiger partial charge in [-0.3, -0.25) is 4.79 Å². The third kappa shape index (κ3) is 0.900. The first kappa shape index (κ1) is 4.96. The number of hydrogen-bond acceptors (Lipinski definition) is 4. The van der Waals surface area contributed by atoms with Gasteiger partial charge in [0.05, 0.1) is 6.21 Å². The highest BCUT2D eigenvalue weighted by Crippen LogP contribution is 1.81. The summed E-state index contributed by atoms with van der Waals surface area (Å²) in [5, 5.41) is 0. The number of nitrogens with zero attached hydrogens (tertiary/aromatic N) is 2. The number of ketones is 1. The van der Waals surface area contributed by atoms with Crippen molar-refractivity contribution in [1.82, 2.24) is 0 Å². The van der Waals surface area contributed by atoms with E-state index in [0.717, 1.165) is 0 Å². The minimum Gasteiger partial charge on any atom is -0.368 e. The van der Waals surface area contributed by atoms with Crippen molar-refractivity contribution >= 4 is 18.0 Å². The summed E-state index contributed by atoms with van der Waals surface area (Å²) >= 11 is 0. The Hall–Kier alpha value is -1.19. The minimum atomic E-state index is -0.0980. The molecule has 0 aliphatic carbocycles. The van der Waals surface area contributed by atoms with E-state index in [9.17, 15) is 4.79 Å². The van der Waals surface area contributed by atoms with Gasteiger partial charge in [-0.05, 0) is 0 Å². The van der Waals surface area contributed by atoms with Crippen molar-refractivity contribution < 1.29 is 4.79 Å². The van der Waals surface area contributed by atoms with Crippen LogP contribution >= 0.6 is 0 Å². The molecule has 0 fully saturated rings. The van der Waals surface area contributed by atoms with Crippen LogP contribution in [0.2, 0.25) is 0 Å². The fourth-order valence-corrected chi connectivity index (χ4v) is 0.379. The number of guanidine groups is 1. The summed E-state index contributed by atoms with van der Waals surface area (Å²) in [5.41, 5.74) is 5.10. The van der Waals surface area contributed by atoms with Crippen molar-refractivity contribution in [3.63, 3.8) is 0 Å². The SMILES string of the molecule is NC1=NCC(=O)C=N1. The van der Waals surface area contributed by atoms with Crippen LogP contribution in [0.25, 0.3) is 0 Å². The van der Waals surface area contributed by atoms with Crippen molar-refractivity contribution in [3.05, 3.63) is 0 Å². The third-order valence-corrected chi connectivity index (χ3v) is 0.738. The van der Waals surface area contributed by atoms with Gasteiger partial charge in [-0.15, -0.1) is 0 Å². The Morgan fingerprint density at radius 3 is 2.88 bits per heavy atom. The quantitative estimate of drug-likeness (QED) is 0.433. The summed E-state index contributed by atoms with van der Waals surface area (Å²) < 4.78 is 0. The van der Waals surface area contributed by atoms with Gasteiger partial charge in [0.25, 0.3) is 0 Å². The molecule has 0 unspecified atom stereocenters. The lowest BCUT2D eigenvalue weighted by Gasteiger charge is -1.95. The smallest absolute Gasteiger partial charge is 0.215 e. The fraction of sp³-hybridized carbons (Fsp3) is 0.250. The molecule has 0 saturated carbocycles. The maximum atomic E-state index is 10.3. The lowest BCUT2D eigenvalue weighted by atomic mass is 10.4. The van der Waals surface area contributed by atoms with Crippen LogP contribution in [0, 0.1) is 0 Å². The van der Waals surface area contributed by atoms with E-state index in [0.29, 0.717) is 0 Å². The van der Waals surface area contributed by atoms with E-state index in [1.807, 2.05) is 0 Å². The number of Topliss-reactive ketones (excluding diaryl/α,β-unsaturated/α-hetero) is 1. The van der Waals surface area contributed by atoms with Crippen LogP contribution in [0.15, 0.2) is 9.98 Å². The van der Waals surface area contributed by atoms with Crippen LogP contribution in [-0.4, -0.2) is 24.5 Å². The Bertz CT molecular complexity index is 167. The summed E-state index contributed by atoms with van der Waals surface area (Å²) in [6.45, 7) is 0.148. The van der Waals surface area contributed by atoms with Crippen LogP contribution in [0.5, 0.6) is 0 Å².